The van der Waals surface area contributed by atoms with Crippen molar-refractivity contribution in [3.8, 4) is 0 Å². The molecule has 1 aliphatic carbocycles. The molecule has 0 spiro atoms. The number of nitrogens with two attached hydrogens (primary N) is 1. The summed E-state index contributed by atoms with van der Waals surface area (Å²) in [6.45, 7) is 0.671. The zero-order valence-corrected chi connectivity index (χ0v) is 7.86. The van der Waals surface area contributed by atoms with Crippen molar-refractivity contribution in [1.29, 1.82) is 0 Å². The molecule has 0 radical (unpaired) electrons. The lowest BCUT2D eigenvalue weighted by Crippen LogP contribution is -2.01. The molecule has 1 heterocycles. The van der Waals surface area contributed by atoms with Crippen LogP contribution in [0.25, 0.3) is 5.57 Å². The van der Waals surface area contributed by atoms with Gasteiger partial charge in [0.1, 0.15) is 0 Å². The van der Waals surface area contributed by atoms with Gasteiger partial charge in [-0.3, -0.25) is 0 Å². The Kier molecular flexibility index (Phi) is 2.28. The van der Waals surface area contributed by atoms with Crippen LogP contribution in [0, 0.1) is 0 Å². The molecule has 0 atom stereocenters. The molecule has 1 aromatic heterocycles. The molecule has 0 saturated heterocycles. The second-order valence-electron chi connectivity index (χ2n) is 3.08. The zero-order valence-electron chi connectivity index (χ0n) is 7.05. The topological polar surface area (TPSA) is 26.0 Å². The summed E-state index contributed by atoms with van der Waals surface area (Å²) < 4.78 is 0. The Hall–Kier alpha value is -0.600. The fourth-order valence-corrected chi connectivity index (χ4v) is 2.71. The van der Waals surface area contributed by atoms with Crippen molar-refractivity contribution >= 4 is 16.9 Å². The molecule has 1 nitrogen and oxygen atoms in total. The third-order valence-electron chi connectivity index (χ3n) is 2.31. The van der Waals surface area contributed by atoms with Gasteiger partial charge in [-0.25, -0.2) is 0 Å². The summed E-state index contributed by atoms with van der Waals surface area (Å²) in [5, 5.41) is 2.18. The summed E-state index contributed by atoms with van der Waals surface area (Å²) in [5.74, 6) is 0. The summed E-state index contributed by atoms with van der Waals surface area (Å²) in [6.07, 6.45) is 5.92. The van der Waals surface area contributed by atoms with E-state index >= 15 is 0 Å². The second kappa shape index (κ2) is 3.42. The molecule has 0 bridgehead atoms. The first kappa shape index (κ1) is 8.02. The van der Waals surface area contributed by atoms with Crippen LogP contribution in [0.4, 0.5) is 0 Å². The lowest BCUT2D eigenvalue weighted by Gasteiger charge is -2.14. The van der Waals surface area contributed by atoms with E-state index in [1.807, 2.05) is 11.3 Å². The highest BCUT2D eigenvalue weighted by molar-refractivity contribution is 7.10. The van der Waals surface area contributed by atoms with Gasteiger partial charge in [0, 0.05) is 11.4 Å². The second-order valence-corrected chi connectivity index (χ2v) is 4.08. The summed E-state index contributed by atoms with van der Waals surface area (Å²) in [4.78, 5) is 1.54. The molecule has 12 heavy (non-hydrogen) atoms. The van der Waals surface area contributed by atoms with Crippen LogP contribution in [0.1, 0.15) is 23.3 Å². The Morgan fingerprint density at radius 1 is 1.50 bits per heavy atom. The lowest BCUT2D eigenvalue weighted by molar-refractivity contribution is 0.836. The van der Waals surface area contributed by atoms with Gasteiger partial charge in [0.15, 0.2) is 0 Å². The summed E-state index contributed by atoms with van der Waals surface area (Å²) in [5.41, 5.74) is 8.43. The number of thiophene rings is 1. The first-order chi connectivity index (χ1) is 5.92. The lowest BCUT2D eigenvalue weighted by atomic mass is 9.93. The number of fused-ring (bicyclic) bond motifs is 1. The van der Waals surface area contributed by atoms with Crippen LogP contribution in [0.15, 0.2) is 17.5 Å². The highest BCUT2D eigenvalue weighted by atomic mass is 32.1. The molecule has 0 saturated carbocycles. The molecule has 1 aromatic rings. The average molecular weight is 179 g/mol. The molecular formula is C10H13NS. The Balaban J connectivity index is 2.38. The Morgan fingerprint density at radius 2 is 2.42 bits per heavy atom. The van der Waals surface area contributed by atoms with Crippen molar-refractivity contribution in [3.63, 3.8) is 0 Å². The predicted molar refractivity (Wildman–Crippen MR) is 54.3 cm³/mol. The van der Waals surface area contributed by atoms with Gasteiger partial charge >= 0.3 is 0 Å². The van der Waals surface area contributed by atoms with E-state index < -0.39 is 0 Å². The summed E-state index contributed by atoms with van der Waals surface area (Å²) >= 11 is 1.87. The van der Waals surface area contributed by atoms with Gasteiger partial charge in [0.2, 0.25) is 0 Å². The van der Waals surface area contributed by atoms with Crippen molar-refractivity contribution in [1.82, 2.24) is 0 Å². The minimum Gasteiger partial charge on any atom is -0.327 e. The van der Waals surface area contributed by atoms with E-state index in [0.717, 1.165) is 0 Å². The normalized spacial score (nSPS) is 19.6. The standard InChI is InChI=1S/C10H13NS/c11-6-4-8-2-1-3-10-9(8)5-7-12-10/h4-5,7H,1-3,6,11H2. The number of aryl methyl sites for hydroxylation is 1. The highest BCUT2D eigenvalue weighted by Gasteiger charge is 2.13. The maximum Gasteiger partial charge on any atom is 0.0120 e. The predicted octanol–water partition coefficient (Wildman–Crippen LogP) is 2.43. The average Bonchev–Trinajstić information content (AvgIpc) is 2.53. The Morgan fingerprint density at radius 3 is 3.25 bits per heavy atom. The van der Waals surface area contributed by atoms with Crippen molar-refractivity contribution in [2.45, 2.75) is 19.3 Å². The Labute approximate surface area is 76.9 Å². The molecular weight excluding hydrogens is 166 g/mol. The smallest absolute Gasteiger partial charge is 0.0120 e. The fraction of sp³-hybridized carbons (Fsp3) is 0.400. The van der Waals surface area contributed by atoms with Crippen LogP contribution < -0.4 is 5.73 Å². The van der Waals surface area contributed by atoms with Crippen molar-refractivity contribution < 1.29 is 0 Å². The molecule has 0 amide bonds. The van der Waals surface area contributed by atoms with Gasteiger partial charge < -0.3 is 5.73 Å². The summed E-state index contributed by atoms with van der Waals surface area (Å²) in [7, 11) is 0. The summed E-state index contributed by atoms with van der Waals surface area (Å²) in [6, 6.07) is 2.22. The van der Waals surface area contributed by atoms with Crippen molar-refractivity contribution in [3.05, 3.63) is 28.0 Å². The number of hydrogen-bond donors (Lipinski definition) is 1. The first-order valence-electron chi connectivity index (χ1n) is 4.37. The van der Waals surface area contributed by atoms with Gasteiger partial charge in [0.05, 0.1) is 0 Å². The molecule has 2 rings (SSSR count). The highest BCUT2D eigenvalue weighted by Crippen LogP contribution is 2.33. The SMILES string of the molecule is NCC=C1CCCc2sccc21. The minimum atomic E-state index is 0.671. The van der Waals surface area contributed by atoms with Crippen LogP contribution in [-0.2, 0) is 6.42 Å². The molecule has 0 fully saturated rings. The molecule has 2 heteroatoms. The number of hydrogen-bond acceptors (Lipinski definition) is 2. The zero-order chi connectivity index (χ0) is 8.39. The van der Waals surface area contributed by atoms with Crippen LogP contribution in [0.3, 0.4) is 0 Å². The van der Waals surface area contributed by atoms with Crippen molar-refractivity contribution in [2.75, 3.05) is 6.54 Å². The minimum absolute atomic E-state index is 0.671. The van der Waals surface area contributed by atoms with Gasteiger partial charge in [-0.1, -0.05) is 6.08 Å². The van der Waals surface area contributed by atoms with E-state index in [0.29, 0.717) is 6.54 Å². The van der Waals surface area contributed by atoms with E-state index in [1.165, 1.54) is 30.4 Å². The van der Waals surface area contributed by atoms with Crippen LogP contribution in [-0.4, -0.2) is 6.54 Å². The number of rotatable bonds is 1. The third-order valence-corrected chi connectivity index (χ3v) is 3.29. The molecule has 0 unspecified atom stereocenters. The van der Waals surface area contributed by atoms with Gasteiger partial charge in [-0.15, -0.1) is 11.3 Å². The van der Waals surface area contributed by atoms with Crippen molar-refractivity contribution in [2.24, 2.45) is 5.73 Å². The maximum absolute atomic E-state index is 5.51. The van der Waals surface area contributed by atoms with Crippen LogP contribution in [0.5, 0.6) is 0 Å². The molecule has 64 valence electrons. The third kappa shape index (κ3) is 1.32. The van der Waals surface area contributed by atoms with Gasteiger partial charge in [0.25, 0.3) is 0 Å². The largest absolute Gasteiger partial charge is 0.327 e. The molecule has 0 aliphatic heterocycles. The molecule has 2 N–H and O–H groups in total. The van der Waals surface area contributed by atoms with E-state index in [2.05, 4.69) is 17.5 Å². The van der Waals surface area contributed by atoms with Gasteiger partial charge in [-0.2, -0.15) is 0 Å². The van der Waals surface area contributed by atoms with E-state index in [4.69, 9.17) is 5.73 Å². The monoisotopic (exact) mass is 179 g/mol. The Bertz CT molecular complexity index is 299. The maximum atomic E-state index is 5.51. The van der Waals surface area contributed by atoms with E-state index in [1.54, 1.807) is 4.88 Å². The quantitative estimate of drug-likeness (QED) is 0.704. The van der Waals surface area contributed by atoms with E-state index in [9.17, 15) is 0 Å². The van der Waals surface area contributed by atoms with E-state index in [-0.39, 0.29) is 0 Å². The first-order valence-corrected chi connectivity index (χ1v) is 5.25. The number of allylic oxidation sites excluding steroid dienone is 1. The van der Waals surface area contributed by atoms with Crippen LogP contribution >= 0.6 is 11.3 Å². The molecule has 1 aliphatic rings. The van der Waals surface area contributed by atoms with Crippen LogP contribution in [0.2, 0.25) is 0 Å². The fourth-order valence-electron chi connectivity index (χ4n) is 1.75. The van der Waals surface area contributed by atoms with Gasteiger partial charge in [-0.05, 0) is 41.8 Å². The molecule has 0 aromatic carbocycles.